The maximum absolute atomic E-state index is 2.46. The molecule has 58 heavy (non-hydrogen) atoms. The van der Waals surface area contributed by atoms with Gasteiger partial charge in [0.05, 0.1) is 11.0 Å². The Hall–Kier alpha value is -6.96. The second-order valence-corrected chi connectivity index (χ2v) is 17.1. The largest absolute Gasteiger partial charge is 0.309 e. The number of hydrogen-bond acceptors (Lipinski definition) is 0. The fourth-order valence-electron chi connectivity index (χ4n) is 9.27. The molecule has 1 aromatic heterocycles. The van der Waals surface area contributed by atoms with Gasteiger partial charge in [-0.05, 0) is 125 Å². The van der Waals surface area contributed by atoms with Crippen LogP contribution in [-0.4, -0.2) is 4.57 Å². The molecule has 276 valence electrons. The number of aryl methyl sites for hydroxylation is 1. The number of fused-ring (bicyclic) bond motifs is 3. The first-order valence-electron chi connectivity index (χ1n) is 20.4. The van der Waals surface area contributed by atoms with Gasteiger partial charge >= 0.3 is 0 Å². The van der Waals surface area contributed by atoms with Gasteiger partial charge < -0.3 is 4.57 Å². The molecule has 0 radical (unpaired) electrons. The molecular formula is C57H43N. The van der Waals surface area contributed by atoms with E-state index in [1.165, 1.54) is 110 Å². The molecule has 1 nitrogen and oxygen atoms in total. The number of benzene rings is 10. The van der Waals surface area contributed by atoms with Crippen LogP contribution in [-0.2, 0) is 5.41 Å². The maximum Gasteiger partial charge on any atom is 0.0547 e. The number of hydrogen-bond donors (Lipinski definition) is 0. The molecule has 10 aromatic carbocycles. The second-order valence-electron chi connectivity index (χ2n) is 17.1. The van der Waals surface area contributed by atoms with Crippen molar-refractivity contribution < 1.29 is 0 Å². The zero-order chi connectivity index (χ0) is 39.1. The molecule has 0 N–H and O–H groups in total. The highest BCUT2D eigenvalue weighted by molar-refractivity contribution is 6.28. The van der Waals surface area contributed by atoms with Crippen LogP contribution >= 0.6 is 0 Å². The predicted octanol–water partition coefficient (Wildman–Crippen LogP) is 16.0. The third-order valence-electron chi connectivity index (χ3n) is 12.4. The summed E-state index contributed by atoms with van der Waals surface area (Å²) < 4.78 is 2.46. The normalized spacial score (nSPS) is 12.1. The van der Waals surface area contributed by atoms with Crippen LogP contribution in [0.5, 0.6) is 0 Å². The van der Waals surface area contributed by atoms with E-state index in [2.05, 4.69) is 220 Å². The van der Waals surface area contributed by atoms with Gasteiger partial charge in [-0.25, -0.2) is 0 Å². The van der Waals surface area contributed by atoms with Crippen molar-refractivity contribution in [2.24, 2.45) is 0 Å². The summed E-state index contributed by atoms with van der Waals surface area (Å²) in [6.07, 6.45) is 0. The van der Waals surface area contributed by atoms with Gasteiger partial charge in [0.15, 0.2) is 0 Å². The molecule has 0 aliphatic carbocycles. The molecule has 0 bridgehead atoms. The van der Waals surface area contributed by atoms with Crippen molar-refractivity contribution in [3.05, 3.63) is 199 Å². The van der Waals surface area contributed by atoms with Crippen LogP contribution in [0.1, 0.15) is 31.9 Å². The summed E-state index contributed by atoms with van der Waals surface area (Å²) in [4.78, 5) is 0. The van der Waals surface area contributed by atoms with E-state index in [1.807, 2.05) is 0 Å². The van der Waals surface area contributed by atoms with Crippen LogP contribution in [0.25, 0.3) is 104 Å². The van der Waals surface area contributed by atoms with Crippen molar-refractivity contribution in [3.8, 4) is 50.2 Å². The Morgan fingerprint density at radius 1 is 0.362 bits per heavy atom. The van der Waals surface area contributed by atoms with E-state index in [0.717, 1.165) is 5.69 Å². The Morgan fingerprint density at radius 3 is 1.29 bits per heavy atom. The monoisotopic (exact) mass is 741 g/mol. The van der Waals surface area contributed by atoms with E-state index in [9.17, 15) is 0 Å². The summed E-state index contributed by atoms with van der Waals surface area (Å²) in [7, 11) is 0. The van der Waals surface area contributed by atoms with Crippen LogP contribution in [0.15, 0.2) is 188 Å². The predicted molar refractivity (Wildman–Crippen MR) is 250 cm³/mol. The first-order valence-corrected chi connectivity index (χ1v) is 20.4. The molecule has 0 fully saturated rings. The Kier molecular flexibility index (Phi) is 7.72. The van der Waals surface area contributed by atoms with Gasteiger partial charge in [-0.1, -0.05) is 184 Å². The zero-order valence-electron chi connectivity index (χ0n) is 33.3. The number of nitrogens with zero attached hydrogens (tertiary/aromatic N) is 1. The van der Waals surface area contributed by atoms with Gasteiger partial charge in [-0.15, -0.1) is 0 Å². The van der Waals surface area contributed by atoms with Crippen molar-refractivity contribution in [1.82, 2.24) is 4.57 Å². The number of rotatable bonds is 5. The SMILES string of the molecule is Cc1ccc(-c2cc(-c3ccc(-n4c5cc(-c6ccccc6)ccc5c5ccc(-c6ccccc6)cc54)cc3)c3ccc4cc(C(C)(C)C)cc5ccc2c3c54)cc1. The smallest absolute Gasteiger partial charge is 0.0547 e. The highest BCUT2D eigenvalue weighted by atomic mass is 15.0. The fraction of sp³-hybridized carbons (Fsp3) is 0.0877. The molecule has 0 saturated heterocycles. The van der Waals surface area contributed by atoms with Crippen LogP contribution in [0, 0.1) is 6.92 Å². The first-order chi connectivity index (χ1) is 28.3. The molecule has 1 heteroatoms. The summed E-state index contributed by atoms with van der Waals surface area (Å²) in [5.41, 5.74) is 16.1. The Labute approximate surface area is 339 Å². The molecule has 11 rings (SSSR count). The van der Waals surface area contributed by atoms with Crippen molar-refractivity contribution in [1.29, 1.82) is 0 Å². The van der Waals surface area contributed by atoms with Gasteiger partial charge in [0, 0.05) is 16.5 Å². The van der Waals surface area contributed by atoms with E-state index < -0.39 is 0 Å². The van der Waals surface area contributed by atoms with E-state index in [0.29, 0.717) is 0 Å². The van der Waals surface area contributed by atoms with Crippen LogP contribution in [0.4, 0.5) is 0 Å². The van der Waals surface area contributed by atoms with Crippen molar-refractivity contribution in [2.45, 2.75) is 33.1 Å². The third kappa shape index (κ3) is 5.53. The minimum atomic E-state index is 0.0625. The average molecular weight is 742 g/mol. The van der Waals surface area contributed by atoms with E-state index >= 15 is 0 Å². The molecule has 0 aliphatic heterocycles. The molecule has 1 heterocycles. The standard InChI is InChI=1S/C57H43N/c1-36-15-17-39(18-16-36)51-35-52(50-30-24-44-32-45(57(2,3)4)31-43-23-29-49(51)56(50)55(43)44)40-19-25-46(26-20-40)58-53-33-41(37-11-7-5-8-12-37)21-27-47(53)48-28-22-42(34-54(48)58)38-13-9-6-10-14-38/h5-35H,1-4H3. The van der Waals surface area contributed by atoms with Crippen LogP contribution in [0.2, 0.25) is 0 Å². The lowest BCUT2D eigenvalue weighted by Crippen LogP contribution is -2.10. The lowest BCUT2D eigenvalue weighted by molar-refractivity contribution is 0.591. The van der Waals surface area contributed by atoms with Crippen LogP contribution < -0.4 is 0 Å². The lowest BCUT2D eigenvalue weighted by Gasteiger charge is -2.23. The Balaban J connectivity index is 1.13. The highest BCUT2D eigenvalue weighted by Crippen LogP contribution is 2.46. The lowest BCUT2D eigenvalue weighted by atomic mass is 9.81. The van der Waals surface area contributed by atoms with Gasteiger partial charge in [0.25, 0.3) is 0 Å². The molecule has 0 saturated carbocycles. The molecule has 0 amide bonds. The van der Waals surface area contributed by atoms with E-state index in [1.54, 1.807) is 0 Å². The molecule has 0 spiro atoms. The molecular weight excluding hydrogens is 699 g/mol. The maximum atomic E-state index is 2.46. The zero-order valence-corrected chi connectivity index (χ0v) is 33.3. The van der Waals surface area contributed by atoms with E-state index in [4.69, 9.17) is 0 Å². The van der Waals surface area contributed by atoms with Crippen molar-refractivity contribution in [2.75, 3.05) is 0 Å². The summed E-state index contributed by atoms with van der Waals surface area (Å²) in [5, 5.41) is 10.4. The summed E-state index contributed by atoms with van der Waals surface area (Å²) >= 11 is 0. The summed E-state index contributed by atoms with van der Waals surface area (Å²) in [6.45, 7) is 9.08. The summed E-state index contributed by atoms with van der Waals surface area (Å²) in [5.74, 6) is 0. The minimum Gasteiger partial charge on any atom is -0.309 e. The quantitative estimate of drug-likeness (QED) is 0.155. The molecule has 0 atom stereocenters. The van der Waals surface area contributed by atoms with Crippen LogP contribution in [0.3, 0.4) is 0 Å². The Morgan fingerprint density at radius 2 is 0.810 bits per heavy atom. The van der Waals surface area contributed by atoms with Gasteiger partial charge in [0.1, 0.15) is 0 Å². The van der Waals surface area contributed by atoms with Crippen molar-refractivity contribution >= 4 is 54.1 Å². The summed E-state index contributed by atoms with van der Waals surface area (Å²) in [6, 6.07) is 70.2. The van der Waals surface area contributed by atoms with E-state index in [-0.39, 0.29) is 5.41 Å². The first kappa shape index (κ1) is 34.3. The van der Waals surface area contributed by atoms with Crippen molar-refractivity contribution in [3.63, 3.8) is 0 Å². The highest BCUT2D eigenvalue weighted by Gasteiger charge is 2.21. The average Bonchev–Trinajstić information content (AvgIpc) is 3.59. The van der Waals surface area contributed by atoms with Gasteiger partial charge in [0.2, 0.25) is 0 Å². The third-order valence-corrected chi connectivity index (χ3v) is 12.4. The minimum absolute atomic E-state index is 0.0625. The topological polar surface area (TPSA) is 4.93 Å². The number of aromatic nitrogens is 1. The second kappa shape index (κ2) is 13.0. The Bertz CT molecular complexity index is 3210. The molecule has 0 unspecified atom stereocenters. The fourth-order valence-corrected chi connectivity index (χ4v) is 9.27. The molecule has 11 aromatic rings. The molecule has 0 aliphatic rings. The van der Waals surface area contributed by atoms with Gasteiger partial charge in [-0.3, -0.25) is 0 Å². The van der Waals surface area contributed by atoms with Gasteiger partial charge in [-0.2, -0.15) is 0 Å².